The van der Waals surface area contributed by atoms with Crippen LogP contribution in [0.25, 0.3) is 5.69 Å². The summed E-state index contributed by atoms with van der Waals surface area (Å²) in [4.78, 5) is 24.1. The second-order valence-corrected chi connectivity index (χ2v) is 6.56. The second kappa shape index (κ2) is 9.56. The van der Waals surface area contributed by atoms with Gasteiger partial charge in [-0.3, -0.25) is 4.79 Å². The molecule has 0 aliphatic carbocycles. The van der Waals surface area contributed by atoms with E-state index in [4.69, 9.17) is 4.74 Å². The van der Waals surface area contributed by atoms with Crippen LogP contribution < -0.4 is 10.1 Å². The predicted molar refractivity (Wildman–Crippen MR) is 102 cm³/mol. The zero-order chi connectivity index (χ0) is 19.8. The summed E-state index contributed by atoms with van der Waals surface area (Å²) in [6.07, 6.45) is 3.98. The molecule has 0 fully saturated rings. The van der Waals surface area contributed by atoms with Crippen LogP contribution in [0.3, 0.4) is 0 Å². The van der Waals surface area contributed by atoms with Gasteiger partial charge < -0.3 is 15.2 Å². The highest BCUT2D eigenvalue weighted by Crippen LogP contribution is 2.21. The van der Waals surface area contributed by atoms with Gasteiger partial charge >= 0.3 is 5.97 Å². The van der Waals surface area contributed by atoms with Crippen LogP contribution in [0.4, 0.5) is 0 Å². The van der Waals surface area contributed by atoms with Gasteiger partial charge in [-0.05, 0) is 30.9 Å². The number of carbonyl (C=O) groups excluding carboxylic acids is 1. The molecular formula is C20H25N3O4. The first-order chi connectivity index (χ1) is 12.9. The number of aliphatic carboxylic acids is 1. The van der Waals surface area contributed by atoms with Crippen molar-refractivity contribution in [3.05, 3.63) is 54.9 Å². The van der Waals surface area contributed by atoms with Crippen molar-refractivity contribution in [2.24, 2.45) is 5.92 Å². The molecule has 1 atom stereocenters. The summed E-state index contributed by atoms with van der Waals surface area (Å²) in [6, 6.07) is 8.29. The zero-order valence-electron chi connectivity index (χ0n) is 15.6. The average molecular weight is 371 g/mol. The number of amides is 1. The molecule has 2 N–H and O–H groups in total. The lowest BCUT2D eigenvalue weighted by molar-refractivity contribution is -0.139. The first kappa shape index (κ1) is 20.2. The fourth-order valence-electron chi connectivity index (χ4n) is 2.36. The number of nitrogens with zero attached hydrogens (tertiary/aromatic N) is 2. The molecule has 1 aromatic carbocycles. The minimum absolute atomic E-state index is 0.0596. The lowest BCUT2D eigenvalue weighted by atomic mass is 10.1. The number of ether oxygens (including phenoxy) is 1. The molecule has 144 valence electrons. The van der Waals surface area contributed by atoms with Crippen LogP contribution in [0.15, 0.2) is 49.2 Å². The lowest BCUT2D eigenvalue weighted by Crippen LogP contribution is -2.41. The Labute approximate surface area is 158 Å². The number of rotatable bonds is 10. The summed E-state index contributed by atoms with van der Waals surface area (Å²) in [5.74, 6) is -1.10. The number of carbonyl (C=O) groups is 2. The van der Waals surface area contributed by atoms with Crippen molar-refractivity contribution < 1.29 is 19.4 Å². The van der Waals surface area contributed by atoms with Gasteiger partial charge in [0.1, 0.15) is 6.04 Å². The van der Waals surface area contributed by atoms with Gasteiger partial charge in [-0.2, -0.15) is 5.10 Å². The van der Waals surface area contributed by atoms with Crippen molar-refractivity contribution in [2.75, 3.05) is 6.61 Å². The van der Waals surface area contributed by atoms with E-state index in [1.54, 1.807) is 17.0 Å². The maximum Gasteiger partial charge on any atom is 0.326 e. The molecule has 27 heavy (non-hydrogen) atoms. The van der Waals surface area contributed by atoms with Crippen molar-refractivity contribution in [2.45, 2.75) is 32.7 Å². The monoisotopic (exact) mass is 371 g/mol. The van der Waals surface area contributed by atoms with E-state index in [2.05, 4.69) is 17.0 Å². The Morgan fingerprint density at radius 2 is 2.04 bits per heavy atom. The number of carboxylic acid groups (broad SMARTS) is 1. The molecule has 0 spiro atoms. The maximum atomic E-state index is 12.7. The number of aromatic nitrogens is 2. The predicted octanol–water partition coefficient (Wildman–Crippen LogP) is 3.06. The summed E-state index contributed by atoms with van der Waals surface area (Å²) >= 11 is 0. The van der Waals surface area contributed by atoms with Gasteiger partial charge in [-0.15, -0.1) is 6.58 Å². The number of hydrogen-bond donors (Lipinski definition) is 2. The van der Waals surface area contributed by atoms with Crippen molar-refractivity contribution >= 4 is 11.9 Å². The van der Waals surface area contributed by atoms with Gasteiger partial charge in [0.05, 0.1) is 18.5 Å². The molecule has 1 heterocycles. The Balaban J connectivity index is 2.28. The second-order valence-electron chi connectivity index (χ2n) is 6.56. The van der Waals surface area contributed by atoms with Gasteiger partial charge in [0.25, 0.3) is 5.91 Å². The fourth-order valence-corrected chi connectivity index (χ4v) is 2.36. The highest BCUT2D eigenvalue weighted by molar-refractivity contribution is 5.97. The van der Waals surface area contributed by atoms with Crippen molar-refractivity contribution in [3.63, 3.8) is 0 Å². The fraction of sp³-hybridized carbons (Fsp3) is 0.350. The highest BCUT2D eigenvalue weighted by atomic mass is 16.5. The Morgan fingerprint density at radius 1 is 1.33 bits per heavy atom. The first-order valence-corrected chi connectivity index (χ1v) is 8.84. The van der Waals surface area contributed by atoms with E-state index in [0.717, 1.165) is 5.69 Å². The minimum Gasteiger partial charge on any atom is -0.489 e. The summed E-state index contributed by atoms with van der Waals surface area (Å²) in [6.45, 7) is 7.99. The van der Waals surface area contributed by atoms with E-state index in [1.807, 2.05) is 44.2 Å². The van der Waals surface area contributed by atoms with Crippen LogP contribution in [0, 0.1) is 5.92 Å². The van der Waals surface area contributed by atoms with Crippen LogP contribution in [0.5, 0.6) is 5.75 Å². The van der Waals surface area contributed by atoms with E-state index < -0.39 is 17.9 Å². The molecule has 7 nitrogen and oxygen atoms in total. The van der Waals surface area contributed by atoms with Crippen LogP contribution >= 0.6 is 0 Å². The summed E-state index contributed by atoms with van der Waals surface area (Å²) < 4.78 is 7.28. The Bertz CT molecular complexity index is 784. The van der Waals surface area contributed by atoms with Gasteiger partial charge in [-0.1, -0.05) is 38.1 Å². The molecule has 0 aliphatic rings. The topological polar surface area (TPSA) is 93.5 Å². The maximum absolute atomic E-state index is 12.7. The number of allylic oxidation sites excluding steroid dienone is 1. The summed E-state index contributed by atoms with van der Waals surface area (Å²) in [5, 5.41) is 16.2. The van der Waals surface area contributed by atoms with Crippen LogP contribution in [0.2, 0.25) is 0 Å². The lowest BCUT2D eigenvalue weighted by Gasteiger charge is -2.13. The van der Waals surface area contributed by atoms with E-state index in [-0.39, 0.29) is 18.0 Å². The number of carboxylic acids is 1. The Hall–Kier alpha value is -3.09. The van der Waals surface area contributed by atoms with Crippen LogP contribution in [-0.4, -0.2) is 39.4 Å². The Kier molecular flexibility index (Phi) is 7.16. The highest BCUT2D eigenvalue weighted by Gasteiger charge is 2.25. The molecule has 2 rings (SSSR count). The molecule has 7 heteroatoms. The number of benzene rings is 1. The third kappa shape index (κ3) is 5.70. The minimum atomic E-state index is -1.10. The Morgan fingerprint density at radius 3 is 2.63 bits per heavy atom. The molecule has 2 aromatic rings. The number of para-hydroxylation sites is 1. The van der Waals surface area contributed by atoms with Crippen LogP contribution in [0.1, 0.15) is 37.2 Å². The molecule has 0 radical (unpaired) electrons. The van der Waals surface area contributed by atoms with Gasteiger partial charge in [0, 0.05) is 0 Å². The normalized spacial score (nSPS) is 11.8. The third-order valence-corrected chi connectivity index (χ3v) is 3.75. The molecule has 0 bridgehead atoms. The van der Waals surface area contributed by atoms with E-state index >= 15 is 0 Å². The molecular weight excluding hydrogens is 346 g/mol. The largest absolute Gasteiger partial charge is 0.489 e. The van der Waals surface area contributed by atoms with Gasteiger partial charge in [0.15, 0.2) is 11.4 Å². The van der Waals surface area contributed by atoms with Gasteiger partial charge in [-0.25, -0.2) is 9.48 Å². The zero-order valence-corrected chi connectivity index (χ0v) is 15.6. The quantitative estimate of drug-likeness (QED) is 0.626. The van der Waals surface area contributed by atoms with E-state index in [0.29, 0.717) is 18.8 Å². The average Bonchev–Trinajstić information content (AvgIpc) is 3.08. The third-order valence-electron chi connectivity index (χ3n) is 3.75. The molecule has 0 saturated carbocycles. The standard InChI is InChI=1S/C20H25N3O4/c1-4-5-11-16(20(25)26)21-19(24)18-17(27-13-14(2)3)12-23(22-18)15-9-7-6-8-10-15/h4,6-10,12,14,16H,1,5,11,13H2,2-3H3,(H,21,24)(H,25,26). The molecule has 1 amide bonds. The van der Waals surface area contributed by atoms with E-state index in [9.17, 15) is 14.7 Å². The number of nitrogens with one attached hydrogen (secondary N) is 1. The smallest absolute Gasteiger partial charge is 0.326 e. The summed E-state index contributed by atoms with van der Waals surface area (Å²) in [5.41, 5.74) is 0.830. The van der Waals surface area contributed by atoms with E-state index in [1.165, 1.54) is 0 Å². The van der Waals surface area contributed by atoms with Crippen molar-refractivity contribution in [1.29, 1.82) is 0 Å². The summed E-state index contributed by atoms with van der Waals surface area (Å²) in [7, 11) is 0. The van der Waals surface area contributed by atoms with Gasteiger partial charge in [0.2, 0.25) is 0 Å². The van der Waals surface area contributed by atoms with Crippen LogP contribution in [-0.2, 0) is 4.79 Å². The SMILES string of the molecule is C=CCCC(NC(=O)c1nn(-c2ccccc2)cc1OCC(C)C)C(=O)O. The molecule has 1 aromatic heterocycles. The molecule has 0 aliphatic heterocycles. The molecule has 0 saturated heterocycles. The van der Waals surface area contributed by atoms with Crippen molar-refractivity contribution in [3.8, 4) is 11.4 Å². The molecule has 1 unspecified atom stereocenters. The number of hydrogen-bond acceptors (Lipinski definition) is 4. The first-order valence-electron chi connectivity index (χ1n) is 8.84. The van der Waals surface area contributed by atoms with Crippen molar-refractivity contribution in [1.82, 2.24) is 15.1 Å².